The standard InChI is InChI=1S/C13H18FNO4S/c1-13(16)6-3-7-15(9-13)20(17,18)10-4-5-12(19-2)11(14)8-10/h4-5,8,16H,3,6-7,9H2,1-2H3. The lowest BCUT2D eigenvalue weighted by Crippen LogP contribution is -2.48. The number of aliphatic hydroxyl groups is 1. The maximum atomic E-state index is 13.6. The Morgan fingerprint density at radius 3 is 2.70 bits per heavy atom. The molecule has 1 aromatic rings. The fraction of sp³-hybridized carbons (Fsp3) is 0.538. The SMILES string of the molecule is COc1ccc(S(=O)(=O)N2CCCC(C)(O)C2)cc1F. The van der Waals surface area contributed by atoms with E-state index in [0.717, 1.165) is 6.07 Å². The second-order valence-electron chi connectivity index (χ2n) is 5.24. The van der Waals surface area contributed by atoms with Crippen LogP contribution in [0.4, 0.5) is 4.39 Å². The van der Waals surface area contributed by atoms with Gasteiger partial charge in [-0.1, -0.05) is 0 Å². The summed E-state index contributed by atoms with van der Waals surface area (Å²) in [6, 6.07) is 3.53. The highest BCUT2D eigenvalue weighted by Crippen LogP contribution is 2.28. The second kappa shape index (κ2) is 5.31. The Labute approximate surface area is 118 Å². The molecule has 1 heterocycles. The number of halogens is 1. The first kappa shape index (κ1) is 15.2. The zero-order chi connectivity index (χ0) is 15.0. The van der Waals surface area contributed by atoms with Crippen LogP contribution in [0.5, 0.6) is 5.75 Å². The zero-order valence-corrected chi connectivity index (χ0v) is 12.3. The van der Waals surface area contributed by atoms with E-state index in [1.807, 2.05) is 0 Å². The molecule has 7 heteroatoms. The fourth-order valence-electron chi connectivity index (χ4n) is 2.34. The zero-order valence-electron chi connectivity index (χ0n) is 11.5. The van der Waals surface area contributed by atoms with Crippen molar-refractivity contribution >= 4 is 10.0 Å². The third-order valence-electron chi connectivity index (χ3n) is 3.40. The number of ether oxygens (including phenoxy) is 1. The van der Waals surface area contributed by atoms with Crippen LogP contribution < -0.4 is 4.74 Å². The molecule has 1 unspecified atom stereocenters. The van der Waals surface area contributed by atoms with E-state index in [9.17, 15) is 17.9 Å². The molecule has 0 amide bonds. The van der Waals surface area contributed by atoms with E-state index in [1.54, 1.807) is 6.92 Å². The number of β-amino-alcohol motifs (C(OH)–C–C–N with tert-alkyl or cyclic N) is 1. The van der Waals surface area contributed by atoms with Gasteiger partial charge in [-0.05, 0) is 38.0 Å². The van der Waals surface area contributed by atoms with Crippen molar-refractivity contribution in [2.24, 2.45) is 0 Å². The van der Waals surface area contributed by atoms with Gasteiger partial charge in [0.1, 0.15) is 0 Å². The maximum Gasteiger partial charge on any atom is 0.243 e. The number of piperidine rings is 1. The largest absolute Gasteiger partial charge is 0.494 e. The monoisotopic (exact) mass is 303 g/mol. The van der Waals surface area contributed by atoms with Crippen LogP contribution in [0.25, 0.3) is 0 Å². The van der Waals surface area contributed by atoms with Gasteiger partial charge in [0.25, 0.3) is 0 Å². The van der Waals surface area contributed by atoms with Gasteiger partial charge in [0.05, 0.1) is 17.6 Å². The number of methoxy groups -OCH3 is 1. The summed E-state index contributed by atoms with van der Waals surface area (Å²) in [5, 5.41) is 9.99. The third kappa shape index (κ3) is 2.94. The molecule has 0 spiro atoms. The molecule has 1 fully saturated rings. The number of benzene rings is 1. The Bertz CT molecular complexity index is 600. The van der Waals surface area contributed by atoms with Gasteiger partial charge in [0.2, 0.25) is 10.0 Å². The van der Waals surface area contributed by atoms with Crippen molar-refractivity contribution in [2.75, 3.05) is 20.2 Å². The molecular formula is C13H18FNO4S. The molecule has 1 N–H and O–H groups in total. The molecule has 112 valence electrons. The summed E-state index contributed by atoms with van der Waals surface area (Å²) in [4.78, 5) is -0.131. The van der Waals surface area contributed by atoms with Crippen molar-refractivity contribution in [3.63, 3.8) is 0 Å². The molecule has 1 aromatic carbocycles. The van der Waals surface area contributed by atoms with Gasteiger partial charge in [-0.15, -0.1) is 0 Å². The third-order valence-corrected chi connectivity index (χ3v) is 5.24. The fourth-order valence-corrected chi connectivity index (χ4v) is 3.94. The molecule has 5 nitrogen and oxygen atoms in total. The molecule has 0 radical (unpaired) electrons. The highest BCUT2D eigenvalue weighted by atomic mass is 32.2. The van der Waals surface area contributed by atoms with Gasteiger partial charge >= 0.3 is 0 Å². The van der Waals surface area contributed by atoms with Crippen LogP contribution >= 0.6 is 0 Å². The smallest absolute Gasteiger partial charge is 0.243 e. The quantitative estimate of drug-likeness (QED) is 0.916. The van der Waals surface area contributed by atoms with E-state index in [1.165, 1.54) is 23.5 Å². The Hall–Kier alpha value is -1.18. The highest BCUT2D eigenvalue weighted by Gasteiger charge is 2.35. The van der Waals surface area contributed by atoms with Gasteiger partial charge in [0.15, 0.2) is 11.6 Å². The molecule has 1 aliphatic heterocycles. The minimum atomic E-state index is -3.80. The molecule has 0 aromatic heterocycles. The van der Waals surface area contributed by atoms with Crippen molar-refractivity contribution in [3.8, 4) is 5.75 Å². The van der Waals surface area contributed by atoms with Crippen LogP contribution in [-0.4, -0.2) is 43.6 Å². The summed E-state index contributed by atoms with van der Waals surface area (Å²) in [6.45, 7) is 1.94. The molecule has 1 aliphatic rings. The minimum Gasteiger partial charge on any atom is -0.494 e. The van der Waals surface area contributed by atoms with E-state index in [4.69, 9.17) is 4.74 Å². The summed E-state index contributed by atoms with van der Waals surface area (Å²) >= 11 is 0. The van der Waals surface area contributed by atoms with E-state index in [0.29, 0.717) is 19.4 Å². The first-order chi connectivity index (χ1) is 9.26. The Kier molecular flexibility index (Phi) is 4.04. The van der Waals surface area contributed by atoms with Crippen molar-refractivity contribution in [3.05, 3.63) is 24.0 Å². The van der Waals surface area contributed by atoms with E-state index >= 15 is 0 Å². The Morgan fingerprint density at radius 2 is 2.15 bits per heavy atom. The second-order valence-corrected chi connectivity index (χ2v) is 7.17. The average molecular weight is 303 g/mol. The molecule has 0 bridgehead atoms. The number of nitrogens with zero attached hydrogens (tertiary/aromatic N) is 1. The molecule has 0 aliphatic carbocycles. The Balaban J connectivity index is 2.33. The summed E-state index contributed by atoms with van der Waals surface area (Å²) in [7, 11) is -2.49. The van der Waals surface area contributed by atoms with Crippen LogP contribution in [0.15, 0.2) is 23.1 Å². The highest BCUT2D eigenvalue weighted by molar-refractivity contribution is 7.89. The number of sulfonamides is 1. The van der Waals surface area contributed by atoms with E-state index in [2.05, 4.69) is 0 Å². The number of hydrogen-bond donors (Lipinski definition) is 1. The topological polar surface area (TPSA) is 66.8 Å². The lowest BCUT2D eigenvalue weighted by molar-refractivity contribution is 0.00939. The van der Waals surface area contributed by atoms with Crippen molar-refractivity contribution < 1.29 is 22.7 Å². The molecule has 0 saturated carbocycles. The first-order valence-electron chi connectivity index (χ1n) is 6.32. The number of rotatable bonds is 3. The minimum absolute atomic E-state index is 0.00501. The molecule has 20 heavy (non-hydrogen) atoms. The van der Waals surface area contributed by atoms with Crippen LogP contribution in [0.2, 0.25) is 0 Å². The average Bonchev–Trinajstić information content (AvgIpc) is 2.37. The van der Waals surface area contributed by atoms with Crippen molar-refractivity contribution in [1.29, 1.82) is 0 Å². The van der Waals surface area contributed by atoms with Gasteiger partial charge in [0, 0.05) is 13.1 Å². The van der Waals surface area contributed by atoms with Crippen LogP contribution in [-0.2, 0) is 10.0 Å². The molecule has 1 atom stereocenters. The lowest BCUT2D eigenvalue weighted by Gasteiger charge is -2.35. The van der Waals surface area contributed by atoms with Gasteiger partial charge in [-0.3, -0.25) is 0 Å². The summed E-state index contributed by atoms with van der Waals surface area (Å²) in [5.74, 6) is -0.730. The summed E-state index contributed by atoms with van der Waals surface area (Å²) in [6.07, 6.45) is 1.13. The van der Waals surface area contributed by atoms with Crippen molar-refractivity contribution in [2.45, 2.75) is 30.3 Å². The molecule has 1 saturated heterocycles. The van der Waals surface area contributed by atoms with Crippen LogP contribution in [0.1, 0.15) is 19.8 Å². The van der Waals surface area contributed by atoms with E-state index in [-0.39, 0.29) is 17.2 Å². The van der Waals surface area contributed by atoms with Gasteiger partial charge in [-0.2, -0.15) is 4.31 Å². The maximum absolute atomic E-state index is 13.6. The summed E-state index contributed by atoms with van der Waals surface area (Å²) < 4.78 is 44.5. The van der Waals surface area contributed by atoms with Gasteiger partial charge < -0.3 is 9.84 Å². The predicted octanol–water partition coefficient (Wildman–Crippen LogP) is 1.37. The number of hydrogen-bond acceptors (Lipinski definition) is 4. The molecule has 2 rings (SSSR count). The lowest BCUT2D eigenvalue weighted by atomic mass is 9.97. The van der Waals surface area contributed by atoms with Crippen LogP contribution in [0.3, 0.4) is 0 Å². The normalized spacial score (nSPS) is 24.6. The van der Waals surface area contributed by atoms with Crippen molar-refractivity contribution in [1.82, 2.24) is 4.31 Å². The molecular weight excluding hydrogens is 285 g/mol. The Morgan fingerprint density at radius 1 is 1.45 bits per heavy atom. The first-order valence-corrected chi connectivity index (χ1v) is 7.76. The predicted molar refractivity (Wildman–Crippen MR) is 71.6 cm³/mol. The van der Waals surface area contributed by atoms with Gasteiger partial charge in [-0.25, -0.2) is 12.8 Å². The summed E-state index contributed by atoms with van der Waals surface area (Å²) in [5.41, 5.74) is -1.05. The van der Waals surface area contributed by atoms with E-state index < -0.39 is 21.4 Å². The van der Waals surface area contributed by atoms with Crippen LogP contribution in [0, 0.1) is 5.82 Å².